The zero-order valence-corrected chi connectivity index (χ0v) is 9.15. The second-order valence-electron chi connectivity index (χ2n) is 3.40. The van der Waals surface area contributed by atoms with E-state index in [2.05, 4.69) is 4.98 Å². The Bertz CT molecular complexity index is 640. The number of pyridine rings is 1. The van der Waals surface area contributed by atoms with Crippen molar-refractivity contribution in [1.29, 1.82) is 0 Å². The number of aldehydes is 1. The summed E-state index contributed by atoms with van der Waals surface area (Å²) in [5.41, 5.74) is 2.32. The van der Waals surface area contributed by atoms with E-state index in [0.717, 1.165) is 22.5 Å². The maximum atomic E-state index is 10.9. The number of imidazole rings is 1. The number of aromatic nitrogens is 2. The number of fused-ring (bicyclic) bond motifs is 1. The lowest BCUT2D eigenvalue weighted by Gasteiger charge is -1.94. The molecule has 3 aromatic rings. The Kier molecular flexibility index (Phi) is 2.08. The van der Waals surface area contributed by atoms with E-state index in [1.165, 1.54) is 0 Å². The normalized spacial score (nSPS) is 10.8. The summed E-state index contributed by atoms with van der Waals surface area (Å²) in [6.07, 6.45) is 2.73. The summed E-state index contributed by atoms with van der Waals surface area (Å²) >= 11 is 1.64. The maximum Gasteiger partial charge on any atom is 0.166 e. The van der Waals surface area contributed by atoms with Crippen LogP contribution in [0.25, 0.3) is 16.2 Å². The van der Waals surface area contributed by atoms with Crippen LogP contribution in [0, 0.1) is 0 Å². The average molecular weight is 228 g/mol. The van der Waals surface area contributed by atoms with Gasteiger partial charge in [-0.25, -0.2) is 4.98 Å². The van der Waals surface area contributed by atoms with E-state index in [1.807, 2.05) is 40.2 Å². The fourth-order valence-corrected chi connectivity index (χ4v) is 2.35. The highest BCUT2D eigenvalue weighted by Gasteiger charge is 2.06. The molecule has 0 saturated heterocycles. The van der Waals surface area contributed by atoms with Gasteiger partial charge in [0.1, 0.15) is 5.65 Å². The molecule has 0 amide bonds. The summed E-state index contributed by atoms with van der Waals surface area (Å²) in [5.74, 6) is 0. The molecule has 0 unspecified atom stereocenters. The number of carbonyl (C=O) groups is 1. The maximum absolute atomic E-state index is 10.9. The molecule has 0 aliphatic carbocycles. The SMILES string of the molecule is O=Cc1cccc2nc(-c3cccs3)cn12. The predicted molar refractivity (Wildman–Crippen MR) is 63.9 cm³/mol. The van der Waals surface area contributed by atoms with Crippen LogP contribution in [0.2, 0.25) is 0 Å². The van der Waals surface area contributed by atoms with Crippen LogP contribution in [-0.2, 0) is 0 Å². The highest BCUT2D eigenvalue weighted by Crippen LogP contribution is 2.24. The molecule has 3 aromatic heterocycles. The Labute approximate surface area is 96.0 Å². The molecule has 0 atom stereocenters. The molecule has 0 N–H and O–H groups in total. The third kappa shape index (κ3) is 1.35. The lowest BCUT2D eigenvalue weighted by Crippen LogP contribution is -1.91. The Hall–Kier alpha value is -1.94. The molecule has 0 fully saturated rings. The molecule has 0 saturated carbocycles. The van der Waals surface area contributed by atoms with Crippen molar-refractivity contribution in [3.05, 3.63) is 47.6 Å². The van der Waals surface area contributed by atoms with E-state index in [-0.39, 0.29) is 0 Å². The van der Waals surface area contributed by atoms with Gasteiger partial charge in [0.05, 0.1) is 16.3 Å². The van der Waals surface area contributed by atoms with Crippen LogP contribution in [0.1, 0.15) is 10.5 Å². The molecule has 0 aliphatic heterocycles. The molecule has 0 aromatic carbocycles. The van der Waals surface area contributed by atoms with Gasteiger partial charge in [-0.3, -0.25) is 9.20 Å². The molecule has 3 nitrogen and oxygen atoms in total. The van der Waals surface area contributed by atoms with Crippen LogP contribution >= 0.6 is 11.3 Å². The van der Waals surface area contributed by atoms with Gasteiger partial charge in [-0.05, 0) is 23.6 Å². The molecule has 0 aliphatic rings. The topological polar surface area (TPSA) is 34.4 Å². The summed E-state index contributed by atoms with van der Waals surface area (Å²) in [4.78, 5) is 16.5. The molecule has 78 valence electrons. The van der Waals surface area contributed by atoms with Gasteiger partial charge in [-0.15, -0.1) is 11.3 Å². The van der Waals surface area contributed by atoms with Crippen LogP contribution < -0.4 is 0 Å². The standard InChI is InChI=1S/C12H8N2OS/c15-8-9-3-1-5-12-13-10(7-14(9)12)11-4-2-6-16-11/h1-8H. The first kappa shape index (κ1) is 9.30. The minimum Gasteiger partial charge on any atom is -0.296 e. The second-order valence-corrected chi connectivity index (χ2v) is 4.35. The van der Waals surface area contributed by atoms with Gasteiger partial charge in [-0.2, -0.15) is 0 Å². The fourth-order valence-electron chi connectivity index (χ4n) is 1.67. The molecular weight excluding hydrogens is 220 g/mol. The van der Waals surface area contributed by atoms with Crippen molar-refractivity contribution in [3.8, 4) is 10.6 Å². The van der Waals surface area contributed by atoms with Gasteiger partial charge in [0, 0.05) is 6.20 Å². The Morgan fingerprint density at radius 1 is 1.25 bits per heavy atom. The predicted octanol–water partition coefficient (Wildman–Crippen LogP) is 2.88. The van der Waals surface area contributed by atoms with Gasteiger partial charge in [-0.1, -0.05) is 12.1 Å². The lowest BCUT2D eigenvalue weighted by molar-refractivity contribution is 0.111. The molecule has 0 spiro atoms. The Morgan fingerprint density at radius 3 is 2.94 bits per heavy atom. The molecule has 16 heavy (non-hydrogen) atoms. The van der Waals surface area contributed by atoms with Gasteiger partial charge in [0.2, 0.25) is 0 Å². The van der Waals surface area contributed by atoms with E-state index in [0.29, 0.717) is 5.69 Å². The number of nitrogens with zero attached hydrogens (tertiary/aromatic N) is 2. The van der Waals surface area contributed by atoms with Crippen molar-refractivity contribution < 1.29 is 4.79 Å². The summed E-state index contributed by atoms with van der Waals surface area (Å²) in [6, 6.07) is 9.52. The zero-order valence-electron chi connectivity index (χ0n) is 8.33. The first-order valence-electron chi connectivity index (χ1n) is 4.85. The number of carbonyl (C=O) groups excluding carboxylic acids is 1. The monoisotopic (exact) mass is 228 g/mol. The van der Waals surface area contributed by atoms with E-state index in [4.69, 9.17) is 0 Å². The average Bonchev–Trinajstić information content (AvgIpc) is 2.96. The van der Waals surface area contributed by atoms with Crippen LogP contribution in [0.5, 0.6) is 0 Å². The van der Waals surface area contributed by atoms with Gasteiger partial charge in [0.15, 0.2) is 6.29 Å². The molecular formula is C12H8N2OS. The molecule has 3 heterocycles. The summed E-state index contributed by atoms with van der Waals surface area (Å²) < 4.78 is 1.81. The van der Waals surface area contributed by atoms with Crippen LogP contribution in [0.15, 0.2) is 41.9 Å². The van der Waals surface area contributed by atoms with Crippen molar-refractivity contribution in [2.24, 2.45) is 0 Å². The Balaban J connectivity index is 2.27. The minimum atomic E-state index is 0.618. The lowest BCUT2D eigenvalue weighted by atomic mass is 10.3. The summed E-state index contributed by atoms with van der Waals surface area (Å²) in [5, 5.41) is 2.01. The van der Waals surface area contributed by atoms with Crippen molar-refractivity contribution >= 4 is 23.3 Å². The molecule has 3 rings (SSSR count). The highest BCUT2D eigenvalue weighted by atomic mass is 32.1. The van der Waals surface area contributed by atoms with Crippen molar-refractivity contribution in [2.45, 2.75) is 0 Å². The Morgan fingerprint density at radius 2 is 2.19 bits per heavy atom. The van der Waals surface area contributed by atoms with E-state index < -0.39 is 0 Å². The first-order chi connectivity index (χ1) is 7.88. The molecule has 0 radical (unpaired) electrons. The third-order valence-corrected chi connectivity index (χ3v) is 3.31. The highest BCUT2D eigenvalue weighted by molar-refractivity contribution is 7.13. The van der Waals surface area contributed by atoms with Crippen molar-refractivity contribution in [1.82, 2.24) is 9.38 Å². The second kappa shape index (κ2) is 3.57. The number of hydrogen-bond acceptors (Lipinski definition) is 3. The fraction of sp³-hybridized carbons (Fsp3) is 0. The van der Waals surface area contributed by atoms with Gasteiger partial charge < -0.3 is 0 Å². The van der Waals surface area contributed by atoms with Crippen LogP contribution in [0.4, 0.5) is 0 Å². The smallest absolute Gasteiger partial charge is 0.166 e. The van der Waals surface area contributed by atoms with Crippen LogP contribution in [-0.4, -0.2) is 15.7 Å². The number of hydrogen-bond donors (Lipinski definition) is 0. The van der Waals surface area contributed by atoms with Crippen LogP contribution in [0.3, 0.4) is 0 Å². The van der Waals surface area contributed by atoms with E-state index in [9.17, 15) is 4.79 Å². The van der Waals surface area contributed by atoms with Gasteiger partial charge in [0.25, 0.3) is 0 Å². The summed E-state index contributed by atoms with van der Waals surface area (Å²) in [6.45, 7) is 0. The first-order valence-corrected chi connectivity index (χ1v) is 5.73. The molecule has 0 bridgehead atoms. The molecule has 4 heteroatoms. The van der Waals surface area contributed by atoms with Gasteiger partial charge >= 0.3 is 0 Å². The zero-order chi connectivity index (χ0) is 11.0. The number of rotatable bonds is 2. The van der Waals surface area contributed by atoms with E-state index in [1.54, 1.807) is 17.4 Å². The largest absolute Gasteiger partial charge is 0.296 e. The summed E-state index contributed by atoms with van der Waals surface area (Å²) in [7, 11) is 0. The third-order valence-electron chi connectivity index (χ3n) is 2.42. The van der Waals surface area contributed by atoms with Crippen molar-refractivity contribution in [2.75, 3.05) is 0 Å². The van der Waals surface area contributed by atoms with Crippen molar-refractivity contribution in [3.63, 3.8) is 0 Å². The quantitative estimate of drug-likeness (QED) is 0.632. The number of thiophene rings is 1. The minimum absolute atomic E-state index is 0.618. The van der Waals surface area contributed by atoms with E-state index >= 15 is 0 Å².